The summed E-state index contributed by atoms with van der Waals surface area (Å²) in [5, 5.41) is 13.0. The quantitative estimate of drug-likeness (QED) is 0.772. The van der Waals surface area contributed by atoms with E-state index in [0.717, 1.165) is 5.82 Å². The molecule has 0 amide bonds. The Labute approximate surface area is 117 Å². The summed E-state index contributed by atoms with van der Waals surface area (Å²) < 4.78 is 25.0. The van der Waals surface area contributed by atoms with Gasteiger partial charge in [0.2, 0.25) is 0 Å². The normalized spacial score (nSPS) is 22.8. The maximum atomic E-state index is 11.7. The fourth-order valence-electron chi connectivity index (χ4n) is 2.37. The van der Waals surface area contributed by atoms with Gasteiger partial charge in [-0.2, -0.15) is 5.10 Å². The first kappa shape index (κ1) is 14.9. The lowest BCUT2D eigenvalue weighted by molar-refractivity contribution is -0.138. The second-order valence-corrected chi connectivity index (χ2v) is 7.06. The number of aromatic nitrogens is 3. The van der Waals surface area contributed by atoms with E-state index in [1.54, 1.807) is 4.68 Å². The van der Waals surface area contributed by atoms with Crippen LogP contribution in [0.2, 0.25) is 0 Å². The molecule has 1 fully saturated rings. The molecule has 1 N–H and O–H groups in total. The van der Waals surface area contributed by atoms with E-state index in [-0.39, 0.29) is 17.9 Å². The summed E-state index contributed by atoms with van der Waals surface area (Å²) in [5.41, 5.74) is 0. The molecule has 1 aliphatic rings. The summed E-state index contributed by atoms with van der Waals surface area (Å²) in [6.45, 7) is 3.36. The van der Waals surface area contributed by atoms with Crippen molar-refractivity contribution in [2.45, 2.75) is 32.5 Å². The molecule has 0 saturated carbocycles. The Bertz CT molecular complexity index is 583. The van der Waals surface area contributed by atoms with Gasteiger partial charge >= 0.3 is 5.97 Å². The topological polar surface area (TPSA) is 105 Å². The Morgan fingerprint density at radius 3 is 2.95 bits per heavy atom. The number of aliphatic carboxylic acids is 1. The minimum atomic E-state index is -3.15. The van der Waals surface area contributed by atoms with E-state index < -0.39 is 21.8 Å². The van der Waals surface area contributed by atoms with Gasteiger partial charge in [-0.1, -0.05) is 0 Å². The van der Waals surface area contributed by atoms with E-state index in [9.17, 15) is 13.2 Å². The zero-order valence-electron chi connectivity index (χ0n) is 11.3. The fourth-order valence-corrected chi connectivity index (χ4v) is 3.97. The van der Waals surface area contributed by atoms with Crippen molar-refractivity contribution in [2.75, 3.05) is 18.1 Å². The molecular weight excluding hydrogens is 284 g/mol. The van der Waals surface area contributed by atoms with Gasteiger partial charge in [-0.05, 0) is 6.92 Å². The number of aryl methyl sites for hydroxylation is 1. The average molecular weight is 302 g/mol. The van der Waals surface area contributed by atoms with E-state index in [2.05, 4.69) is 10.1 Å². The highest BCUT2D eigenvalue weighted by Crippen LogP contribution is 2.17. The zero-order valence-corrected chi connectivity index (χ0v) is 12.1. The highest BCUT2D eigenvalue weighted by Gasteiger charge is 2.33. The Morgan fingerprint density at radius 1 is 1.55 bits per heavy atom. The molecule has 1 aliphatic heterocycles. The average Bonchev–Trinajstić information content (AvgIpc) is 2.78. The molecule has 1 saturated heterocycles. The number of nitrogens with zero attached hydrogens (tertiary/aromatic N) is 4. The third-order valence-electron chi connectivity index (χ3n) is 3.40. The van der Waals surface area contributed by atoms with Crippen molar-refractivity contribution >= 4 is 15.8 Å². The second kappa shape index (κ2) is 5.88. The molecule has 1 atom stereocenters. The molecule has 20 heavy (non-hydrogen) atoms. The van der Waals surface area contributed by atoms with Crippen LogP contribution in [-0.4, -0.2) is 63.3 Å². The van der Waals surface area contributed by atoms with Crippen molar-refractivity contribution in [1.29, 1.82) is 0 Å². The highest BCUT2D eigenvalue weighted by molar-refractivity contribution is 7.91. The Hall–Kier alpha value is -1.48. The maximum Gasteiger partial charge on any atom is 0.304 e. The minimum Gasteiger partial charge on any atom is -0.481 e. The van der Waals surface area contributed by atoms with Gasteiger partial charge in [0.1, 0.15) is 12.2 Å². The number of carboxylic acid groups (broad SMARTS) is 1. The van der Waals surface area contributed by atoms with Gasteiger partial charge in [0.15, 0.2) is 9.84 Å². The van der Waals surface area contributed by atoms with Crippen LogP contribution in [0, 0.1) is 0 Å². The van der Waals surface area contributed by atoms with Crippen molar-refractivity contribution in [3.05, 3.63) is 12.2 Å². The molecular formula is C11H18N4O4S. The third-order valence-corrected chi connectivity index (χ3v) is 5.10. The summed E-state index contributed by atoms with van der Waals surface area (Å²) in [6, 6.07) is -0.506. The van der Waals surface area contributed by atoms with Crippen molar-refractivity contribution in [1.82, 2.24) is 19.7 Å². The first-order chi connectivity index (χ1) is 9.41. The van der Waals surface area contributed by atoms with Gasteiger partial charge in [-0.25, -0.2) is 18.1 Å². The number of carboxylic acids is 1. The third kappa shape index (κ3) is 3.54. The molecule has 1 unspecified atom stereocenters. The largest absolute Gasteiger partial charge is 0.481 e. The van der Waals surface area contributed by atoms with Crippen LogP contribution in [-0.2, 0) is 27.7 Å². The van der Waals surface area contributed by atoms with Crippen LogP contribution in [0.25, 0.3) is 0 Å². The van der Waals surface area contributed by atoms with Crippen LogP contribution in [0.3, 0.4) is 0 Å². The van der Waals surface area contributed by atoms with E-state index in [4.69, 9.17) is 5.11 Å². The highest BCUT2D eigenvalue weighted by atomic mass is 32.2. The maximum absolute atomic E-state index is 11.7. The predicted molar refractivity (Wildman–Crippen MR) is 70.8 cm³/mol. The molecule has 0 spiro atoms. The Kier molecular flexibility index (Phi) is 4.39. The van der Waals surface area contributed by atoms with Crippen molar-refractivity contribution in [3.8, 4) is 0 Å². The Morgan fingerprint density at radius 2 is 2.30 bits per heavy atom. The molecule has 2 heterocycles. The van der Waals surface area contributed by atoms with Crippen LogP contribution in [0.15, 0.2) is 6.33 Å². The number of carbonyl (C=O) groups is 1. The van der Waals surface area contributed by atoms with Crippen LogP contribution in [0.1, 0.15) is 19.2 Å². The molecule has 112 valence electrons. The van der Waals surface area contributed by atoms with Crippen molar-refractivity contribution in [3.63, 3.8) is 0 Å². The van der Waals surface area contributed by atoms with E-state index in [0.29, 0.717) is 19.6 Å². The standard InChI is InChI=1S/C11H18N4O4S/c1-2-15-10(12-8-13-15)6-14-3-4-20(18,19)7-9(14)5-11(16)17/h8-9H,2-7H2,1H3,(H,16,17). The van der Waals surface area contributed by atoms with Crippen LogP contribution >= 0.6 is 0 Å². The van der Waals surface area contributed by atoms with E-state index in [1.165, 1.54) is 6.33 Å². The summed E-state index contributed by atoms with van der Waals surface area (Å²) in [7, 11) is -3.15. The van der Waals surface area contributed by atoms with E-state index in [1.807, 2.05) is 11.8 Å². The summed E-state index contributed by atoms with van der Waals surface area (Å²) in [4.78, 5) is 16.9. The fraction of sp³-hybridized carbons (Fsp3) is 0.727. The number of sulfone groups is 1. The molecule has 1 aromatic heterocycles. The Balaban J connectivity index is 2.14. The van der Waals surface area contributed by atoms with Gasteiger partial charge in [0.05, 0.1) is 24.5 Å². The first-order valence-corrected chi connectivity index (χ1v) is 8.26. The summed E-state index contributed by atoms with van der Waals surface area (Å²) in [6.07, 6.45) is 1.27. The molecule has 0 bridgehead atoms. The lowest BCUT2D eigenvalue weighted by Crippen LogP contribution is -2.49. The zero-order chi connectivity index (χ0) is 14.8. The predicted octanol–water partition coefficient (Wildman–Crippen LogP) is -0.628. The molecule has 2 rings (SSSR count). The molecule has 0 aromatic carbocycles. The SMILES string of the molecule is CCn1ncnc1CN1CCS(=O)(=O)CC1CC(=O)O. The number of rotatable bonds is 5. The van der Waals surface area contributed by atoms with Gasteiger partial charge in [-0.15, -0.1) is 0 Å². The molecule has 9 heteroatoms. The molecule has 8 nitrogen and oxygen atoms in total. The molecule has 1 aromatic rings. The van der Waals surface area contributed by atoms with E-state index >= 15 is 0 Å². The van der Waals surface area contributed by atoms with Gasteiger partial charge in [0, 0.05) is 19.1 Å². The van der Waals surface area contributed by atoms with Gasteiger partial charge < -0.3 is 5.11 Å². The van der Waals surface area contributed by atoms with Gasteiger partial charge in [0.25, 0.3) is 0 Å². The molecule has 0 aliphatic carbocycles. The summed E-state index contributed by atoms with van der Waals surface area (Å²) >= 11 is 0. The monoisotopic (exact) mass is 302 g/mol. The van der Waals surface area contributed by atoms with Crippen LogP contribution in [0.4, 0.5) is 0 Å². The van der Waals surface area contributed by atoms with Gasteiger partial charge in [-0.3, -0.25) is 9.69 Å². The first-order valence-electron chi connectivity index (χ1n) is 6.44. The van der Waals surface area contributed by atoms with Crippen molar-refractivity contribution < 1.29 is 18.3 Å². The summed E-state index contributed by atoms with van der Waals surface area (Å²) in [5.74, 6) is -0.320. The second-order valence-electron chi connectivity index (χ2n) is 4.83. The lowest BCUT2D eigenvalue weighted by Gasteiger charge is -2.34. The minimum absolute atomic E-state index is 0.0589. The lowest BCUT2D eigenvalue weighted by atomic mass is 10.2. The van der Waals surface area contributed by atoms with Crippen molar-refractivity contribution in [2.24, 2.45) is 0 Å². The van der Waals surface area contributed by atoms with Crippen LogP contribution in [0.5, 0.6) is 0 Å². The molecule has 0 radical (unpaired) electrons. The number of hydrogen-bond acceptors (Lipinski definition) is 6. The smallest absolute Gasteiger partial charge is 0.304 e. The number of hydrogen-bond donors (Lipinski definition) is 1. The van der Waals surface area contributed by atoms with Crippen LogP contribution < -0.4 is 0 Å².